The minimum Gasteiger partial charge on any atom is -0.506 e. The lowest BCUT2D eigenvalue weighted by Crippen LogP contribution is -2.06. The number of hydrogen-bond acceptors (Lipinski definition) is 4. The lowest BCUT2D eigenvalue weighted by molar-refractivity contribution is -0.114. The van der Waals surface area contributed by atoms with E-state index in [2.05, 4.69) is 15.6 Å². The summed E-state index contributed by atoms with van der Waals surface area (Å²) in [6, 6.07) is 10.8. The van der Waals surface area contributed by atoms with E-state index in [1.54, 1.807) is 12.1 Å². The summed E-state index contributed by atoms with van der Waals surface area (Å²) < 4.78 is 0. The number of amides is 1. The Morgan fingerprint density at radius 3 is 2.42 bits per heavy atom. The molecule has 0 atom stereocenters. The van der Waals surface area contributed by atoms with Crippen molar-refractivity contribution in [2.75, 3.05) is 10.6 Å². The topological polar surface area (TPSA) is 74.2 Å². The highest BCUT2D eigenvalue weighted by Gasteiger charge is 1.98. The van der Waals surface area contributed by atoms with Gasteiger partial charge in [-0.05, 0) is 36.4 Å². The molecule has 0 fully saturated rings. The zero-order chi connectivity index (χ0) is 13.7. The van der Waals surface area contributed by atoms with Crippen LogP contribution in [0, 0.1) is 0 Å². The van der Waals surface area contributed by atoms with Gasteiger partial charge < -0.3 is 15.7 Å². The largest absolute Gasteiger partial charge is 0.506 e. The molecule has 5 nitrogen and oxygen atoms in total. The number of carbonyl (C=O) groups is 1. The van der Waals surface area contributed by atoms with Crippen molar-refractivity contribution in [2.45, 2.75) is 13.5 Å². The van der Waals surface area contributed by atoms with Gasteiger partial charge in [0.05, 0.1) is 18.4 Å². The van der Waals surface area contributed by atoms with Crippen molar-refractivity contribution in [3.05, 3.63) is 48.3 Å². The van der Waals surface area contributed by atoms with Gasteiger partial charge in [0, 0.05) is 18.3 Å². The SMILES string of the molecule is CC(=O)Nc1ccc(NCc2ccc(O)cn2)cc1. The van der Waals surface area contributed by atoms with Crippen molar-refractivity contribution < 1.29 is 9.90 Å². The molecule has 1 amide bonds. The average Bonchev–Trinajstić information content (AvgIpc) is 2.39. The van der Waals surface area contributed by atoms with Crippen LogP contribution in [0.4, 0.5) is 11.4 Å². The summed E-state index contributed by atoms with van der Waals surface area (Å²) in [6.45, 7) is 2.04. The van der Waals surface area contributed by atoms with Gasteiger partial charge in [-0.15, -0.1) is 0 Å². The van der Waals surface area contributed by atoms with Crippen LogP contribution in [0.1, 0.15) is 12.6 Å². The molecule has 1 aromatic carbocycles. The minimum atomic E-state index is -0.0889. The van der Waals surface area contributed by atoms with Crippen LogP contribution in [-0.2, 0) is 11.3 Å². The molecule has 19 heavy (non-hydrogen) atoms. The first-order chi connectivity index (χ1) is 9.13. The fraction of sp³-hybridized carbons (Fsp3) is 0.143. The monoisotopic (exact) mass is 257 g/mol. The molecule has 0 saturated carbocycles. The molecule has 3 N–H and O–H groups in total. The summed E-state index contributed by atoms with van der Waals surface area (Å²) in [5, 5.41) is 15.0. The molecule has 2 aromatic rings. The Labute approximate surface area is 111 Å². The summed E-state index contributed by atoms with van der Waals surface area (Å²) in [6.07, 6.45) is 1.41. The quantitative estimate of drug-likeness (QED) is 0.786. The molecule has 0 saturated heterocycles. The predicted molar refractivity (Wildman–Crippen MR) is 74.0 cm³/mol. The number of anilines is 2. The van der Waals surface area contributed by atoms with Gasteiger partial charge in [-0.25, -0.2) is 0 Å². The lowest BCUT2D eigenvalue weighted by Gasteiger charge is -2.07. The Hall–Kier alpha value is -2.56. The van der Waals surface area contributed by atoms with Crippen LogP contribution in [0.3, 0.4) is 0 Å². The van der Waals surface area contributed by atoms with Crippen molar-refractivity contribution in [2.24, 2.45) is 0 Å². The number of carbonyl (C=O) groups excluding carboxylic acids is 1. The molecule has 5 heteroatoms. The van der Waals surface area contributed by atoms with Crippen LogP contribution in [0.5, 0.6) is 5.75 Å². The highest BCUT2D eigenvalue weighted by Crippen LogP contribution is 2.14. The molecule has 98 valence electrons. The Balaban J connectivity index is 1.92. The molecule has 0 aliphatic heterocycles. The van der Waals surface area contributed by atoms with Crippen LogP contribution < -0.4 is 10.6 Å². The molecule has 0 aliphatic rings. The van der Waals surface area contributed by atoms with E-state index >= 15 is 0 Å². The van der Waals surface area contributed by atoms with Gasteiger partial charge in [-0.2, -0.15) is 0 Å². The number of nitrogens with zero attached hydrogens (tertiary/aromatic N) is 1. The van der Waals surface area contributed by atoms with E-state index in [1.807, 2.05) is 24.3 Å². The lowest BCUT2D eigenvalue weighted by atomic mass is 10.2. The van der Waals surface area contributed by atoms with Crippen molar-refractivity contribution >= 4 is 17.3 Å². The van der Waals surface area contributed by atoms with Gasteiger partial charge in [0.1, 0.15) is 5.75 Å². The number of hydrogen-bond donors (Lipinski definition) is 3. The molecule has 0 radical (unpaired) electrons. The third kappa shape index (κ3) is 3.99. The predicted octanol–water partition coefficient (Wildman–Crippen LogP) is 2.36. The fourth-order valence-corrected chi connectivity index (χ4v) is 1.59. The molecular formula is C14H15N3O2. The molecule has 0 spiro atoms. The molecule has 1 heterocycles. The van der Waals surface area contributed by atoms with Gasteiger partial charge in [-0.3, -0.25) is 9.78 Å². The second kappa shape index (κ2) is 5.86. The summed E-state index contributed by atoms with van der Waals surface area (Å²) in [5.41, 5.74) is 2.54. The van der Waals surface area contributed by atoms with Crippen molar-refractivity contribution in [1.82, 2.24) is 4.98 Å². The molecule has 0 aliphatic carbocycles. The molecule has 1 aromatic heterocycles. The van der Waals surface area contributed by atoms with Crippen LogP contribution in [0.25, 0.3) is 0 Å². The van der Waals surface area contributed by atoms with Crippen molar-refractivity contribution in [3.63, 3.8) is 0 Å². The molecule has 2 rings (SSSR count). The number of benzene rings is 1. The molecule has 0 bridgehead atoms. The summed E-state index contributed by atoms with van der Waals surface area (Å²) >= 11 is 0. The number of aromatic nitrogens is 1. The maximum Gasteiger partial charge on any atom is 0.221 e. The second-order valence-corrected chi connectivity index (χ2v) is 4.12. The second-order valence-electron chi connectivity index (χ2n) is 4.12. The summed E-state index contributed by atoms with van der Waals surface area (Å²) in [5.74, 6) is 0.0670. The van der Waals surface area contributed by atoms with Gasteiger partial charge in [-0.1, -0.05) is 0 Å². The van der Waals surface area contributed by atoms with Gasteiger partial charge >= 0.3 is 0 Å². The fourth-order valence-electron chi connectivity index (χ4n) is 1.59. The standard InChI is InChI=1S/C14H15N3O2/c1-10(18)17-12-4-2-11(3-5-12)15-8-13-6-7-14(19)9-16-13/h2-7,9,15,19H,8H2,1H3,(H,17,18). The summed E-state index contributed by atoms with van der Waals surface area (Å²) in [7, 11) is 0. The first-order valence-electron chi connectivity index (χ1n) is 5.89. The first kappa shape index (κ1) is 12.9. The van der Waals surface area contributed by atoms with E-state index in [1.165, 1.54) is 13.1 Å². The zero-order valence-electron chi connectivity index (χ0n) is 10.6. The van der Waals surface area contributed by atoms with E-state index in [0.717, 1.165) is 17.1 Å². The Kier molecular flexibility index (Phi) is 3.97. The Morgan fingerprint density at radius 1 is 1.16 bits per heavy atom. The van der Waals surface area contributed by atoms with Gasteiger partial charge in [0.25, 0.3) is 0 Å². The minimum absolute atomic E-state index is 0.0889. The molecular weight excluding hydrogens is 242 g/mol. The van der Waals surface area contributed by atoms with Crippen molar-refractivity contribution in [3.8, 4) is 5.75 Å². The number of aromatic hydroxyl groups is 1. The van der Waals surface area contributed by atoms with E-state index < -0.39 is 0 Å². The van der Waals surface area contributed by atoms with Crippen LogP contribution in [0.2, 0.25) is 0 Å². The van der Waals surface area contributed by atoms with E-state index in [0.29, 0.717) is 6.54 Å². The van der Waals surface area contributed by atoms with E-state index in [9.17, 15) is 4.79 Å². The zero-order valence-corrected chi connectivity index (χ0v) is 10.6. The maximum atomic E-state index is 10.9. The highest BCUT2D eigenvalue weighted by atomic mass is 16.3. The smallest absolute Gasteiger partial charge is 0.221 e. The van der Waals surface area contributed by atoms with Crippen LogP contribution in [0.15, 0.2) is 42.6 Å². The maximum absolute atomic E-state index is 10.9. The Bertz CT molecular complexity index is 550. The van der Waals surface area contributed by atoms with E-state index in [-0.39, 0.29) is 11.7 Å². The first-order valence-corrected chi connectivity index (χ1v) is 5.89. The third-order valence-corrected chi connectivity index (χ3v) is 2.49. The number of rotatable bonds is 4. The van der Waals surface area contributed by atoms with Crippen LogP contribution >= 0.6 is 0 Å². The Morgan fingerprint density at radius 2 is 1.84 bits per heavy atom. The van der Waals surface area contributed by atoms with Crippen LogP contribution in [-0.4, -0.2) is 16.0 Å². The summed E-state index contributed by atoms with van der Waals surface area (Å²) in [4.78, 5) is 15.0. The van der Waals surface area contributed by atoms with Gasteiger partial charge in [0.2, 0.25) is 5.91 Å². The number of nitrogens with one attached hydrogen (secondary N) is 2. The van der Waals surface area contributed by atoms with E-state index in [4.69, 9.17) is 5.11 Å². The molecule has 0 unspecified atom stereocenters. The van der Waals surface area contributed by atoms with Crippen molar-refractivity contribution in [1.29, 1.82) is 0 Å². The highest BCUT2D eigenvalue weighted by molar-refractivity contribution is 5.88. The third-order valence-electron chi connectivity index (χ3n) is 2.49. The average molecular weight is 257 g/mol. The number of pyridine rings is 1. The van der Waals surface area contributed by atoms with Gasteiger partial charge in [0.15, 0.2) is 0 Å². The normalized spacial score (nSPS) is 9.95.